The number of aromatic nitrogens is 3. The Morgan fingerprint density at radius 1 is 0.725 bits per heavy atom. The van der Waals surface area contributed by atoms with Gasteiger partial charge in [-0.15, -0.1) is 22.7 Å². The van der Waals surface area contributed by atoms with E-state index in [4.69, 9.17) is 9.40 Å². The molecule has 0 saturated heterocycles. The van der Waals surface area contributed by atoms with Crippen LogP contribution < -0.4 is 0 Å². The Hall–Kier alpha value is -4.13. The largest absolute Gasteiger partial charge is 0.434 e. The summed E-state index contributed by atoms with van der Waals surface area (Å²) in [4.78, 5) is 6.11. The fourth-order valence-corrected chi connectivity index (χ4v) is 8.71. The first-order valence-electron chi connectivity index (χ1n) is 13.6. The van der Waals surface area contributed by atoms with Gasteiger partial charge in [0.1, 0.15) is 10.2 Å². The third-order valence-corrected chi connectivity index (χ3v) is 10.5. The quantitative estimate of drug-likeness (QED) is 0.213. The van der Waals surface area contributed by atoms with E-state index < -0.39 is 0 Å². The smallest absolute Gasteiger partial charge is 0.240 e. The first-order valence-corrected chi connectivity index (χ1v) is 15.2. The molecule has 0 unspecified atom stereocenters. The van der Waals surface area contributed by atoms with Crippen molar-refractivity contribution >= 4 is 82.3 Å². The molecular weight excluding hydrogens is 531 g/mol. The van der Waals surface area contributed by atoms with E-state index in [1.165, 1.54) is 59.5 Å². The van der Waals surface area contributed by atoms with E-state index in [1.54, 1.807) is 11.3 Å². The number of hydrogen-bond acceptors (Lipinski definition) is 4. The van der Waals surface area contributed by atoms with Gasteiger partial charge in [-0.3, -0.25) is 0 Å². The topological polar surface area (TPSA) is 35.9 Å². The van der Waals surface area contributed by atoms with Crippen molar-refractivity contribution < 1.29 is 4.42 Å². The third kappa shape index (κ3) is 2.92. The van der Waals surface area contributed by atoms with Crippen molar-refractivity contribution in [3.05, 3.63) is 92.8 Å². The number of furan rings is 1. The zero-order valence-electron chi connectivity index (χ0n) is 22.6. The summed E-state index contributed by atoms with van der Waals surface area (Å²) in [7, 11) is 0. The zero-order chi connectivity index (χ0) is 26.9. The van der Waals surface area contributed by atoms with Crippen LogP contribution in [0.1, 0.15) is 33.5 Å². The Labute approximate surface area is 238 Å². The molecule has 5 heterocycles. The van der Waals surface area contributed by atoms with Gasteiger partial charge in [0, 0.05) is 27.0 Å². The highest BCUT2D eigenvalue weighted by Gasteiger charge is 2.27. The normalized spacial score (nSPS) is 13.6. The van der Waals surface area contributed by atoms with Crippen LogP contribution in [0.2, 0.25) is 0 Å². The average molecular weight is 556 g/mol. The number of rotatable bonds is 2. The van der Waals surface area contributed by atoms with Gasteiger partial charge in [0.25, 0.3) is 0 Å². The van der Waals surface area contributed by atoms with Crippen molar-refractivity contribution in [1.29, 1.82) is 0 Å². The van der Waals surface area contributed by atoms with Gasteiger partial charge in [-0.2, -0.15) is 0 Å². The Morgan fingerprint density at radius 3 is 2.05 bits per heavy atom. The molecule has 0 fully saturated rings. The maximum absolute atomic E-state index is 6.53. The minimum absolute atomic E-state index is 0.727. The second-order valence-corrected chi connectivity index (χ2v) is 13.4. The molecule has 6 heteroatoms. The van der Waals surface area contributed by atoms with Gasteiger partial charge in [0.15, 0.2) is 5.58 Å². The summed E-state index contributed by atoms with van der Waals surface area (Å²) in [5.74, 6) is 0. The van der Waals surface area contributed by atoms with E-state index in [-0.39, 0.29) is 0 Å². The molecule has 0 amide bonds. The predicted molar refractivity (Wildman–Crippen MR) is 170 cm³/mol. The summed E-state index contributed by atoms with van der Waals surface area (Å²) in [6.45, 7) is 8.57. The highest BCUT2D eigenvalue weighted by Crippen LogP contribution is 2.48. The molecule has 9 rings (SSSR count). The molecule has 0 radical (unpaired) electrons. The van der Waals surface area contributed by atoms with Crippen molar-refractivity contribution in [1.82, 2.24) is 14.1 Å². The molecule has 5 aromatic heterocycles. The molecule has 0 aliphatic heterocycles. The summed E-state index contributed by atoms with van der Waals surface area (Å²) in [6.07, 6.45) is 3.38. The lowest BCUT2D eigenvalue weighted by atomic mass is 10.1. The van der Waals surface area contributed by atoms with Gasteiger partial charge >= 0.3 is 0 Å². The molecule has 0 spiro atoms. The highest BCUT2D eigenvalue weighted by molar-refractivity contribution is 7.21. The van der Waals surface area contributed by atoms with Crippen LogP contribution in [0.4, 0.5) is 0 Å². The molecule has 0 bridgehead atoms. The van der Waals surface area contributed by atoms with Crippen LogP contribution in [-0.4, -0.2) is 14.1 Å². The van der Waals surface area contributed by atoms with Crippen LogP contribution in [-0.2, 0) is 6.42 Å². The molecule has 194 valence electrons. The second kappa shape index (κ2) is 7.74. The van der Waals surface area contributed by atoms with Crippen molar-refractivity contribution in [3.63, 3.8) is 0 Å². The number of hydrogen-bond donors (Lipinski definition) is 0. The Balaban J connectivity index is 1.48. The number of thiazole rings is 1. The second-order valence-electron chi connectivity index (χ2n) is 11.2. The number of fused-ring (bicyclic) bond motifs is 10. The lowest BCUT2D eigenvalue weighted by Crippen LogP contribution is -1.96. The molecule has 3 aromatic carbocycles. The SMILES string of the molecule is CC1=Cc2sc3c4cc5c(cc4n(-c4ccc(C)cc4)c3c2C1)c1oc2nc(C)sc2c1n5-c1ccc(C)cc1. The number of aryl methyl sites for hydroxylation is 3. The van der Waals surface area contributed by atoms with Gasteiger partial charge < -0.3 is 13.6 Å². The highest BCUT2D eigenvalue weighted by atomic mass is 32.1. The predicted octanol–water partition coefficient (Wildman–Crippen LogP) is 10.0. The van der Waals surface area contributed by atoms with Gasteiger partial charge in [-0.1, -0.05) is 41.0 Å². The van der Waals surface area contributed by atoms with E-state index in [1.807, 2.05) is 18.3 Å². The molecule has 40 heavy (non-hydrogen) atoms. The van der Waals surface area contributed by atoms with Crippen LogP contribution in [0.3, 0.4) is 0 Å². The summed E-state index contributed by atoms with van der Waals surface area (Å²) >= 11 is 3.63. The monoisotopic (exact) mass is 555 g/mol. The van der Waals surface area contributed by atoms with Crippen LogP contribution in [0, 0.1) is 20.8 Å². The molecule has 0 saturated carbocycles. The Kier molecular flexibility index (Phi) is 4.39. The van der Waals surface area contributed by atoms with E-state index in [0.29, 0.717) is 0 Å². The molecule has 1 aliphatic carbocycles. The van der Waals surface area contributed by atoms with Gasteiger partial charge in [-0.25, -0.2) is 4.98 Å². The van der Waals surface area contributed by atoms with E-state index >= 15 is 0 Å². The lowest BCUT2D eigenvalue weighted by Gasteiger charge is -2.10. The molecule has 1 aliphatic rings. The van der Waals surface area contributed by atoms with Gasteiger partial charge in [-0.05, 0) is 82.2 Å². The third-order valence-electron chi connectivity index (χ3n) is 8.29. The maximum atomic E-state index is 6.53. The van der Waals surface area contributed by atoms with Crippen molar-refractivity contribution in [2.24, 2.45) is 0 Å². The standard InChI is InChI=1S/C34H25N3OS2/c1-17-5-9-21(10-6-17)36-27-15-23-26(16-24(27)32-29(36)25-13-19(3)14-28(25)40-32)37(22-11-7-18(2)8-12-22)30-31(23)38-34-33(30)39-20(4)35-34/h5-12,14-16H,13H2,1-4H3. The Bertz CT molecular complexity index is 2370. The van der Waals surface area contributed by atoms with Crippen molar-refractivity contribution in [2.75, 3.05) is 0 Å². The number of benzene rings is 3. The number of allylic oxidation sites excluding steroid dienone is 1. The van der Waals surface area contributed by atoms with Crippen LogP contribution >= 0.6 is 22.7 Å². The molecule has 8 aromatic rings. The van der Waals surface area contributed by atoms with Gasteiger partial charge in [0.05, 0.1) is 26.3 Å². The summed E-state index contributed by atoms with van der Waals surface area (Å²) in [5, 5.41) is 3.43. The number of nitrogens with zero attached hydrogens (tertiary/aromatic N) is 3. The zero-order valence-corrected chi connectivity index (χ0v) is 24.3. The van der Waals surface area contributed by atoms with Crippen LogP contribution in [0.5, 0.6) is 0 Å². The van der Waals surface area contributed by atoms with Crippen LogP contribution in [0.25, 0.3) is 71.0 Å². The van der Waals surface area contributed by atoms with E-state index in [2.05, 4.69) is 96.6 Å². The molecule has 4 nitrogen and oxygen atoms in total. The molecule has 0 N–H and O–H groups in total. The fraction of sp³-hybridized carbons (Fsp3) is 0.147. The minimum atomic E-state index is 0.727. The number of thiophene rings is 1. The lowest BCUT2D eigenvalue weighted by molar-refractivity contribution is 0.658. The summed E-state index contributed by atoms with van der Waals surface area (Å²) in [6, 6.07) is 22.5. The molecular formula is C34H25N3OS2. The summed E-state index contributed by atoms with van der Waals surface area (Å²) in [5.41, 5.74) is 14.2. The Morgan fingerprint density at radius 2 is 1.35 bits per heavy atom. The fourth-order valence-electron chi connectivity index (χ4n) is 6.47. The molecule has 0 atom stereocenters. The van der Waals surface area contributed by atoms with Gasteiger partial charge in [0.2, 0.25) is 5.71 Å². The first kappa shape index (κ1) is 22.7. The van der Waals surface area contributed by atoms with E-state index in [0.717, 1.165) is 44.0 Å². The maximum Gasteiger partial charge on any atom is 0.240 e. The first-order chi connectivity index (χ1) is 19.4. The van der Waals surface area contributed by atoms with E-state index in [9.17, 15) is 0 Å². The summed E-state index contributed by atoms with van der Waals surface area (Å²) < 4.78 is 13.9. The van der Waals surface area contributed by atoms with Crippen molar-refractivity contribution in [3.8, 4) is 11.4 Å². The van der Waals surface area contributed by atoms with Crippen LogP contribution in [0.15, 0.2) is 70.7 Å². The minimum Gasteiger partial charge on any atom is -0.434 e. The average Bonchev–Trinajstić information content (AvgIpc) is 3.74. The van der Waals surface area contributed by atoms with Crippen molar-refractivity contribution in [2.45, 2.75) is 34.1 Å².